The molecule has 0 aliphatic carbocycles. The molecule has 1 heterocycles. The van der Waals surface area contributed by atoms with Crippen LogP contribution in [-0.2, 0) is 6.54 Å². The first kappa shape index (κ1) is 16.3. The predicted octanol–water partition coefficient (Wildman–Crippen LogP) is 4.83. The minimum Gasteiger partial charge on any atom is -0.288 e. The standard InChI is InChI=1S/C19H14BrFN2O/c20-17-9-2-1-8-16(17)19(24)23(18-10-3-4-11-22-18)13-14-6-5-7-15(21)12-14/h1-12H,13H2. The summed E-state index contributed by atoms with van der Waals surface area (Å²) in [5.41, 5.74) is 1.22. The summed E-state index contributed by atoms with van der Waals surface area (Å²) < 4.78 is 14.2. The van der Waals surface area contributed by atoms with Crippen LogP contribution >= 0.6 is 15.9 Å². The first-order valence-electron chi connectivity index (χ1n) is 7.37. The third-order valence-electron chi connectivity index (χ3n) is 3.50. The van der Waals surface area contributed by atoms with Gasteiger partial charge in [-0.1, -0.05) is 30.3 Å². The Balaban J connectivity index is 1.99. The number of nitrogens with zero attached hydrogens (tertiary/aromatic N) is 2. The van der Waals surface area contributed by atoms with Gasteiger partial charge in [0.2, 0.25) is 0 Å². The summed E-state index contributed by atoms with van der Waals surface area (Å²) in [6.45, 7) is 0.231. The molecule has 0 saturated heterocycles. The molecule has 0 bridgehead atoms. The van der Waals surface area contributed by atoms with E-state index in [-0.39, 0.29) is 18.3 Å². The van der Waals surface area contributed by atoms with Crippen molar-refractivity contribution in [1.29, 1.82) is 0 Å². The zero-order chi connectivity index (χ0) is 16.9. The summed E-state index contributed by atoms with van der Waals surface area (Å²) in [4.78, 5) is 18.8. The molecule has 0 fully saturated rings. The fourth-order valence-corrected chi connectivity index (χ4v) is 2.82. The van der Waals surface area contributed by atoms with E-state index in [0.29, 0.717) is 21.4 Å². The van der Waals surface area contributed by atoms with Crippen molar-refractivity contribution >= 4 is 27.7 Å². The maximum absolute atomic E-state index is 13.5. The highest BCUT2D eigenvalue weighted by Gasteiger charge is 2.21. The third kappa shape index (κ3) is 3.68. The van der Waals surface area contributed by atoms with Gasteiger partial charge in [0.15, 0.2) is 0 Å². The molecule has 1 amide bonds. The number of aromatic nitrogens is 1. The lowest BCUT2D eigenvalue weighted by molar-refractivity contribution is 0.0983. The summed E-state index contributed by atoms with van der Waals surface area (Å²) in [6, 6.07) is 18.8. The van der Waals surface area contributed by atoms with Crippen LogP contribution in [0, 0.1) is 5.82 Å². The zero-order valence-corrected chi connectivity index (χ0v) is 14.3. The number of halogens is 2. The molecule has 0 saturated carbocycles. The van der Waals surface area contributed by atoms with Gasteiger partial charge in [0, 0.05) is 10.7 Å². The predicted molar refractivity (Wildman–Crippen MR) is 95.3 cm³/mol. The lowest BCUT2D eigenvalue weighted by Gasteiger charge is -2.22. The Hall–Kier alpha value is -2.53. The number of anilines is 1. The highest BCUT2D eigenvalue weighted by molar-refractivity contribution is 9.10. The van der Waals surface area contributed by atoms with Crippen LogP contribution in [-0.4, -0.2) is 10.9 Å². The van der Waals surface area contributed by atoms with Crippen LogP contribution in [0.5, 0.6) is 0 Å². The number of hydrogen-bond acceptors (Lipinski definition) is 2. The molecule has 3 nitrogen and oxygen atoms in total. The highest BCUT2D eigenvalue weighted by Crippen LogP contribution is 2.22. The van der Waals surface area contributed by atoms with Crippen LogP contribution < -0.4 is 4.90 Å². The third-order valence-corrected chi connectivity index (χ3v) is 4.20. The molecule has 3 rings (SSSR count). The SMILES string of the molecule is O=C(c1ccccc1Br)N(Cc1cccc(F)c1)c1ccccn1. The van der Waals surface area contributed by atoms with Gasteiger partial charge in [-0.25, -0.2) is 9.37 Å². The van der Waals surface area contributed by atoms with Crippen molar-refractivity contribution in [2.75, 3.05) is 4.90 Å². The van der Waals surface area contributed by atoms with E-state index in [1.807, 2.05) is 18.2 Å². The van der Waals surface area contributed by atoms with Crippen molar-refractivity contribution in [3.8, 4) is 0 Å². The fourth-order valence-electron chi connectivity index (χ4n) is 2.37. The summed E-state index contributed by atoms with van der Waals surface area (Å²) >= 11 is 3.41. The van der Waals surface area contributed by atoms with Crippen LogP contribution in [0.2, 0.25) is 0 Å². The van der Waals surface area contributed by atoms with Gasteiger partial charge < -0.3 is 0 Å². The molecule has 0 spiro atoms. The van der Waals surface area contributed by atoms with E-state index >= 15 is 0 Å². The average Bonchev–Trinajstić information content (AvgIpc) is 2.60. The second kappa shape index (κ2) is 7.36. The minimum absolute atomic E-state index is 0.203. The van der Waals surface area contributed by atoms with E-state index in [4.69, 9.17) is 0 Å². The van der Waals surface area contributed by atoms with E-state index in [0.717, 1.165) is 0 Å². The Bertz CT molecular complexity index is 855. The molecule has 0 N–H and O–H groups in total. The van der Waals surface area contributed by atoms with Crippen LogP contribution in [0.15, 0.2) is 77.4 Å². The summed E-state index contributed by atoms with van der Waals surface area (Å²) in [7, 11) is 0. The smallest absolute Gasteiger partial charge is 0.260 e. The van der Waals surface area contributed by atoms with E-state index in [1.165, 1.54) is 17.0 Å². The average molecular weight is 385 g/mol. The van der Waals surface area contributed by atoms with Crippen molar-refractivity contribution in [2.45, 2.75) is 6.54 Å². The number of rotatable bonds is 4. The van der Waals surface area contributed by atoms with Crippen molar-refractivity contribution in [2.24, 2.45) is 0 Å². The van der Waals surface area contributed by atoms with Crippen molar-refractivity contribution in [3.63, 3.8) is 0 Å². The summed E-state index contributed by atoms with van der Waals surface area (Å²) in [5.74, 6) is -0.0187. The second-order valence-corrected chi connectivity index (χ2v) is 6.04. The van der Waals surface area contributed by atoms with Crippen LogP contribution in [0.25, 0.3) is 0 Å². The van der Waals surface area contributed by atoms with Crippen molar-refractivity contribution in [1.82, 2.24) is 4.98 Å². The quantitative estimate of drug-likeness (QED) is 0.645. The Kier molecular flexibility index (Phi) is 5.01. The number of carbonyl (C=O) groups excluding carboxylic acids is 1. The van der Waals surface area contributed by atoms with Gasteiger partial charge in [-0.05, 0) is 57.9 Å². The zero-order valence-electron chi connectivity index (χ0n) is 12.7. The summed E-state index contributed by atoms with van der Waals surface area (Å²) in [6.07, 6.45) is 1.63. The molecule has 0 atom stereocenters. The molecule has 3 aromatic rings. The van der Waals surface area contributed by atoms with Gasteiger partial charge in [-0.15, -0.1) is 0 Å². The maximum atomic E-state index is 13.5. The Morgan fingerprint density at radius 2 is 1.83 bits per heavy atom. The van der Waals surface area contributed by atoms with Gasteiger partial charge in [0.05, 0.1) is 12.1 Å². The number of amides is 1. The molecule has 0 radical (unpaired) electrons. The number of pyridine rings is 1. The minimum atomic E-state index is -0.332. The first-order chi connectivity index (χ1) is 11.6. The van der Waals surface area contributed by atoms with E-state index < -0.39 is 0 Å². The molecule has 0 aliphatic heterocycles. The number of benzene rings is 2. The van der Waals surface area contributed by atoms with E-state index in [9.17, 15) is 9.18 Å². The fraction of sp³-hybridized carbons (Fsp3) is 0.0526. The second-order valence-electron chi connectivity index (χ2n) is 5.19. The number of hydrogen-bond donors (Lipinski definition) is 0. The van der Waals surface area contributed by atoms with Crippen LogP contribution in [0.3, 0.4) is 0 Å². The molecular formula is C19H14BrFN2O. The monoisotopic (exact) mass is 384 g/mol. The molecule has 24 heavy (non-hydrogen) atoms. The molecular weight excluding hydrogens is 371 g/mol. The number of carbonyl (C=O) groups is 1. The van der Waals surface area contributed by atoms with E-state index in [1.54, 1.807) is 42.6 Å². The Labute approximate surface area is 147 Å². The molecule has 120 valence electrons. The molecule has 0 unspecified atom stereocenters. The van der Waals surface area contributed by atoms with Gasteiger partial charge in [0.1, 0.15) is 11.6 Å². The Morgan fingerprint density at radius 1 is 1.04 bits per heavy atom. The largest absolute Gasteiger partial charge is 0.288 e. The van der Waals surface area contributed by atoms with Gasteiger partial charge in [0.25, 0.3) is 5.91 Å². The lowest BCUT2D eigenvalue weighted by Crippen LogP contribution is -2.31. The van der Waals surface area contributed by atoms with Gasteiger partial charge in [-0.3, -0.25) is 9.69 Å². The summed E-state index contributed by atoms with van der Waals surface area (Å²) in [5, 5.41) is 0. The van der Waals surface area contributed by atoms with Crippen LogP contribution in [0.4, 0.5) is 10.2 Å². The van der Waals surface area contributed by atoms with Crippen molar-refractivity contribution in [3.05, 3.63) is 94.3 Å². The Morgan fingerprint density at radius 3 is 2.54 bits per heavy atom. The molecule has 1 aromatic heterocycles. The lowest BCUT2D eigenvalue weighted by atomic mass is 10.1. The van der Waals surface area contributed by atoms with Gasteiger partial charge in [-0.2, -0.15) is 0 Å². The van der Waals surface area contributed by atoms with Crippen LogP contribution in [0.1, 0.15) is 15.9 Å². The van der Waals surface area contributed by atoms with Crippen molar-refractivity contribution < 1.29 is 9.18 Å². The highest BCUT2D eigenvalue weighted by atomic mass is 79.9. The van der Waals surface area contributed by atoms with Gasteiger partial charge >= 0.3 is 0 Å². The molecule has 0 aliphatic rings. The van der Waals surface area contributed by atoms with E-state index in [2.05, 4.69) is 20.9 Å². The first-order valence-corrected chi connectivity index (χ1v) is 8.16. The normalized spacial score (nSPS) is 10.4. The molecule has 2 aromatic carbocycles. The topological polar surface area (TPSA) is 33.2 Å². The maximum Gasteiger partial charge on any atom is 0.260 e. The molecule has 5 heteroatoms.